The van der Waals surface area contributed by atoms with Crippen LogP contribution in [0, 0.1) is 0 Å². The molecule has 39 heavy (non-hydrogen) atoms. The average molecular weight is 531 g/mol. The Morgan fingerprint density at radius 1 is 0.744 bits per heavy atom. The minimum atomic E-state index is -0.583. The molecule has 1 aromatic heterocycles. The third-order valence-electron chi connectivity index (χ3n) is 6.74. The number of fused-ring (bicyclic) bond motifs is 5. The van der Waals surface area contributed by atoms with Crippen LogP contribution in [0.5, 0.6) is 0 Å². The second-order valence-electron chi connectivity index (χ2n) is 9.76. The van der Waals surface area contributed by atoms with E-state index in [4.69, 9.17) is 0 Å². The van der Waals surface area contributed by atoms with E-state index in [0.717, 1.165) is 21.1 Å². The van der Waals surface area contributed by atoms with E-state index >= 15 is 0 Å². The molecule has 192 valence electrons. The highest BCUT2D eigenvalue weighted by molar-refractivity contribution is 7.98. The fourth-order valence-electron chi connectivity index (χ4n) is 4.95. The van der Waals surface area contributed by atoms with Crippen molar-refractivity contribution in [2.24, 2.45) is 0 Å². The second-order valence-corrected chi connectivity index (χ2v) is 10.6. The smallest absolute Gasteiger partial charge is 0.304 e. The van der Waals surface area contributed by atoms with E-state index in [1.165, 1.54) is 38.9 Å². The Morgan fingerprint density at radius 2 is 1.38 bits per heavy atom. The van der Waals surface area contributed by atoms with Gasteiger partial charge in [-0.15, -0.1) is 0 Å². The normalized spacial score (nSPS) is 11.5. The monoisotopic (exact) mass is 530 g/mol. The Hall–Kier alpha value is -4.46. The molecular formula is C32H26N4O2S. The number of nitrogens with zero attached hydrogens (tertiary/aromatic N) is 2. The SMILES string of the molecule is CN(C)Cc1ncccc1C(=O)NC(=O)NSc1cccc2cc3c(ccc4cc5ccccc5cc43)cc12. The van der Waals surface area contributed by atoms with Crippen molar-refractivity contribution >= 4 is 67.0 Å². The van der Waals surface area contributed by atoms with E-state index in [2.05, 4.69) is 81.8 Å². The summed E-state index contributed by atoms with van der Waals surface area (Å²) in [6.45, 7) is 0.495. The Kier molecular flexibility index (Phi) is 6.60. The highest BCUT2D eigenvalue weighted by atomic mass is 32.2. The van der Waals surface area contributed by atoms with Gasteiger partial charge in [0.1, 0.15) is 0 Å². The van der Waals surface area contributed by atoms with Crippen molar-refractivity contribution in [3.63, 3.8) is 0 Å². The number of benzene rings is 5. The maximum absolute atomic E-state index is 12.8. The largest absolute Gasteiger partial charge is 0.331 e. The number of urea groups is 1. The number of carbonyl (C=O) groups is 2. The van der Waals surface area contributed by atoms with Gasteiger partial charge in [-0.1, -0.05) is 48.5 Å². The number of imide groups is 1. The molecule has 0 saturated heterocycles. The third-order valence-corrected chi connectivity index (χ3v) is 7.61. The van der Waals surface area contributed by atoms with Gasteiger partial charge in [0.15, 0.2) is 0 Å². The molecule has 3 amide bonds. The predicted octanol–water partition coefficient (Wildman–Crippen LogP) is 6.90. The topological polar surface area (TPSA) is 74.3 Å². The molecule has 0 aliphatic carbocycles. The van der Waals surface area contributed by atoms with Crippen LogP contribution in [-0.2, 0) is 6.54 Å². The van der Waals surface area contributed by atoms with Crippen molar-refractivity contribution in [2.45, 2.75) is 11.4 Å². The molecule has 2 N–H and O–H groups in total. The number of nitrogens with one attached hydrogen (secondary N) is 2. The van der Waals surface area contributed by atoms with E-state index in [1.807, 2.05) is 31.1 Å². The summed E-state index contributed by atoms with van der Waals surface area (Å²) in [6.07, 6.45) is 1.64. The summed E-state index contributed by atoms with van der Waals surface area (Å²) < 4.78 is 2.76. The van der Waals surface area contributed by atoms with E-state index in [0.29, 0.717) is 17.8 Å². The molecule has 0 aliphatic heterocycles. The van der Waals surface area contributed by atoms with Crippen molar-refractivity contribution in [3.8, 4) is 0 Å². The quantitative estimate of drug-likeness (QED) is 0.144. The first-order valence-electron chi connectivity index (χ1n) is 12.6. The van der Waals surface area contributed by atoms with Gasteiger partial charge in [0.2, 0.25) is 0 Å². The predicted molar refractivity (Wildman–Crippen MR) is 160 cm³/mol. The molecule has 0 atom stereocenters. The van der Waals surface area contributed by atoms with Gasteiger partial charge in [0.05, 0.1) is 11.3 Å². The van der Waals surface area contributed by atoms with Gasteiger partial charge in [-0.2, -0.15) is 0 Å². The summed E-state index contributed by atoms with van der Waals surface area (Å²) in [5.74, 6) is -0.485. The summed E-state index contributed by atoms with van der Waals surface area (Å²) in [5, 5.41) is 11.7. The van der Waals surface area contributed by atoms with Gasteiger partial charge < -0.3 is 4.90 Å². The molecule has 0 bridgehead atoms. The lowest BCUT2D eigenvalue weighted by molar-refractivity contribution is 0.0963. The Bertz CT molecular complexity index is 1900. The number of rotatable bonds is 5. The minimum Gasteiger partial charge on any atom is -0.304 e. The van der Waals surface area contributed by atoms with Gasteiger partial charge in [0.25, 0.3) is 5.91 Å². The number of hydrogen-bond donors (Lipinski definition) is 2. The summed E-state index contributed by atoms with van der Waals surface area (Å²) in [7, 11) is 3.80. The van der Waals surface area contributed by atoms with Crippen LogP contribution in [0.4, 0.5) is 4.79 Å². The first-order chi connectivity index (χ1) is 19.0. The van der Waals surface area contributed by atoms with Crippen LogP contribution in [-0.4, -0.2) is 35.9 Å². The van der Waals surface area contributed by atoms with Crippen LogP contribution in [0.1, 0.15) is 16.1 Å². The van der Waals surface area contributed by atoms with Crippen molar-refractivity contribution in [1.82, 2.24) is 19.9 Å². The maximum atomic E-state index is 12.8. The summed E-state index contributed by atoms with van der Waals surface area (Å²) in [6, 6.07) is 30.4. The molecule has 0 fully saturated rings. The zero-order valence-corrected chi connectivity index (χ0v) is 22.4. The maximum Gasteiger partial charge on any atom is 0.331 e. The molecule has 0 aliphatic rings. The van der Waals surface area contributed by atoms with Crippen LogP contribution in [0.15, 0.2) is 102 Å². The lowest BCUT2D eigenvalue weighted by Crippen LogP contribution is -2.37. The van der Waals surface area contributed by atoms with E-state index in [9.17, 15) is 9.59 Å². The van der Waals surface area contributed by atoms with Gasteiger partial charge in [-0.05, 0) is 112 Å². The first kappa shape index (κ1) is 24.9. The van der Waals surface area contributed by atoms with E-state index in [-0.39, 0.29) is 0 Å². The zero-order valence-electron chi connectivity index (χ0n) is 21.6. The summed E-state index contributed by atoms with van der Waals surface area (Å²) in [4.78, 5) is 32.5. The minimum absolute atomic E-state index is 0.378. The zero-order chi connectivity index (χ0) is 26.9. The summed E-state index contributed by atoms with van der Waals surface area (Å²) >= 11 is 1.19. The Balaban J connectivity index is 1.26. The first-order valence-corrected chi connectivity index (χ1v) is 13.4. The molecule has 6 aromatic rings. The van der Waals surface area contributed by atoms with Crippen molar-refractivity contribution in [1.29, 1.82) is 0 Å². The van der Waals surface area contributed by atoms with Crippen LogP contribution in [0.2, 0.25) is 0 Å². The van der Waals surface area contributed by atoms with Gasteiger partial charge in [-0.3, -0.25) is 19.8 Å². The van der Waals surface area contributed by atoms with Gasteiger partial charge >= 0.3 is 6.03 Å². The average Bonchev–Trinajstić information content (AvgIpc) is 2.94. The van der Waals surface area contributed by atoms with Gasteiger partial charge in [0, 0.05) is 17.6 Å². The van der Waals surface area contributed by atoms with Crippen LogP contribution in [0.3, 0.4) is 0 Å². The highest BCUT2D eigenvalue weighted by Gasteiger charge is 2.16. The molecule has 7 heteroatoms. The van der Waals surface area contributed by atoms with Crippen molar-refractivity contribution in [2.75, 3.05) is 14.1 Å². The number of hydrogen-bond acceptors (Lipinski definition) is 5. The van der Waals surface area contributed by atoms with E-state index < -0.39 is 11.9 Å². The van der Waals surface area contributed by atoms with Crippen LogP contribution >= 0.6 is 11.9 Å². The Morgan fingerprint density at radius 3 is 2.15 bits per heavy atom. The second kappa shape index (κ2) is 10.4. The third kappa shape index (κ3) is 5.02. The number of aromatic nitrogens is 1. The molecule has 0 saturated carbocycles. The lowest BCUT2D eigenvalue weighted by Gasteiger charge is -2.13. The van der Waals surface area contributed by atoms with Crippen LogP contribution in [0.25, 0.3) is 43.1 Å². The van der Waals surface area contributed by atoms with E-state index in [1.54, 1.807) is 18.3 Å². The highest BCUT2D eigenvalue weighted by Crippen LogP contribution is 2.35. The fourth-order valence-corrected chi connectivity index (χ4v) is 5.64. The number of carbonyl (C=O) groups excluding carboxylic acids is 2. The standard InChI is InChI=1S/C32H26N4O2S/c1-36(2)19-29-25(10-6-14-33-29)31(37)34-32(38)35-39-30-11-5-9-22-17-27-24(18-28(22)30)13-12-23-15-20-7-3-4-8-21(20)16-26(23)27/h3-18H,19H2,1-2H3,(H2,34,35,37,38). The van der Waals surface area contributed by atoms with Gasteiger partial charge in [-0.25, -0.2) is 4.79 Å². The lowest BCUT2D eigenvalue weighted by atomic mass is 9.96. The number of pyridine rings is 1. The molecule has 1 heterocycles. The molecule has 0 radical (unpaired) electrons. The molecule has 6 rings (SSSR count). The van der Waals surface area contributed by atoms with Crippen molar-refractivity contribution < 1.29 is 9.59 Å². The fraction of sp³-hybridized carbons (Fsp3) is 0.0938. The van der Waals surface area contributed by atoms with Crippen LogP contribution < -0.4 is 10.0 Å². The molecule has 6 nitrogen and oxygen atoms in total. The molecule has 0 spiro atoms. The number of amides is 3. The summed E-state index contributed by atoms with van der Waals surface area (Å²) in [5.41, 5.74) is 0.991. The molecule has 0 unspecified atom stereocenters. The van der Waals surface area contributed by atoms with Crippen molar-refractivity contribution in [3.05, 3.63) is 108 Å². The Labute approximate surface area is 230 Å². The molecule has 5 aromatic carbocycles. The molecular weight excluding hydrogens is 504 g/mol.